The highest BCUT2D eigenvalue weighted by molar-refractivity contribution is 6.33. The lowest BCUT2D eigenvalue weighted by Crippen LogP contribution is -2.33. The van der Waals surface area contributed by atoms with Gasteiger partial charge in [-0.1, -0.05) is 11.6 Å². The van der Waals surface area contributed by atoms with E-state index in [1.165, 1.54) is 21.7 Å². The summed E-state index contributed by atoms with van der Waals surface area (Å²) >= 11 is 6.09. The number of benzene rings is 1. The van der Waals surface area contributed by atoms with Crippen molar-refractivity contribution in [3.8, 4) is 0 Å². The number of carbonyl (C=O) groups is 1. The van der Waals surface area contributed by atoms with Crippen molar-refractivity contribution in [1.82, 2.24) is 19.9 Å². The van der Waals surface area contributed by atoms with Crippen LogP contribution in [0.4, 0.5) is 38.3 Å². The molecule has 7 nitrogen and oxygen atoms in total. The van der Waals surface area contributed by atoms with Gasteiger partial charge in [0.05, 0.1) is 12.6 Å². The van der Waals surface area contributed by atoms with Crippen molar-refractivity contribution < 1.29 is 26.7 Å². The van der Waals surface area contributed by atoms with Gasteiger partial charge in [-0.2, -0.15) is 5.10 Å². The van der Waals surface area contributed by atoms with Crippen molar-refractivity contribution in [2.45, 2.75) is 37.0 Å². The van der Waals surface area contributed by atoms with Crippen LogP contribution in [0, 0.1) is 11.6 Å². The molecule has 3 heterocycles. The van der Waals surface area contributed by atoms with E-state index in [0.717, 1.165) is 18.2 Å². The Morgan fingerprint density at radius 3 is 2.73 bits per heavy atom. The third kappa shape index (κ3) is 4.03. The Morgan fingerprint density at radius 1 is 1.24 bits per heavy atom. The fraction of sp³-hybridized carbons (Fsp3) is 0.350. The number of urea groups is 1. The normalized spacial score (nSPS) is 23.7. The summed E-state index contributed by atoms with van der Waals surface area (Å²) in [5.74, 6) is -4.07. The number of amides is 2. The molecule has 1 aliphatic carbocycles. The zero-order valence-corrected chi connectivity index (χ0v) is 17.5. The Morgan fingerprint density at radius 2 is 2.00 bits per heavy atom. The number of hydrogen-bond acceptors (Lipinski definition) is 4. The maximum Gasteiger partial charge on any atom is 0.319 e. The van der Waals surface area contributed by atoms with E-state index in [0.29, 0.717) is 0 Å². The summed E-state index contributed by atoms with van der Waals surface area (Å²) < 4.78 is 69.9. The number of rotatable bonds is 4. The van der Waals surface area contributed by atoms with Gasteiger partial charge >= 0.3 is 6.03 Å². The monoisotopic (exact) mass is 486 g/mol. The number of anilines is 2. The lowest BCUT2D eigenvalue weighted by atomic mass is 10.0. The first-order valence-corrected chi connectivity index (χ1v) is 10.4. The zero-order valence-electron chi connectivity index (χ0n) is 16.7. The largest absolute Gasteiger partial charge is 0.346 e. The lowest BCUT2D eigenvalue weighted by molar-refractivity contribution is 0.108. The van der Waals surface area contributed by atoms with Crippen LogP contribution in [0.15, 0.2) is 30.5 Å². The van der Waals surface area contributed by atoms with Crippen LogP contribution >= 0.6 is 11.6 Å². The molecular formula is C20H16ClF5N6O. The molecule has 0 bridgehead atoms. The molecule has 1 saturated heterocycles. The van der Waals surface area contributed by atoms with E-state index < -0.39 is 48.3 Å². The maximum absolute atomic E-state index is 14.4. The molecular weight excluding hydrogens is 471 g/mol. The predicted octanol–water partition coefficient (Wildman–Crippen LogP) is 4.48. The van der Waals surface area contributed by atoms with Gasteiger partial charge in [0.15, 0.2) is 10.8 Å². The maximum atomic E-state index is 14.4. The molecule has 2 amide bonds. The molecule has 2 aliphatic rings. The highest BCUT2D eigenvalue weighted by Crippen LogP contribution is 2.42. The molecule has 13 heteroatoms. The van der Waals surface area contributed by atoms with Gasteiger partial charge in [-0.05, 0) is 24.3 Å². The second-order valence-electron chi connectivity index (χ2n) is 8.00. The first-order chi connectivity index (χ1) is 15.6. The molecule has 0 spiro atoms. The molecule has 5 rings (SSSR count). The summed E-state index contributed by atoms with van der Waals surface area (Å²) in [6.07, 6.45) is -0.390. The van der Waals surface area contributed by atoms with Crippen molar-refractivity contribution in [2.75, 3.05) is 16.8 Å². The first kappa shape index (κ1) is 21.7. The summed E-state index contributed by atoms with van der Waals surface area (Å²) in [5.41, 5.74) is 0.0203. The van der Waals surface area contributed by atoms with Gasteiger partial charge in [0, 0.05) is 24.6 Å². The highest BCUT2D eigenvalue weighted by atomic mass is 35.5. The van der Waals surface area contributed by atoms with Crippen LogP contribution in [-0.2, 0) is 0 Å². The van der Waals surface area contributed by atoms with Crippen molar-refractivity contribution >= 4 is 34.8 Å². The van der Waals surface area contributed by atoms with Crippen molar-refractivity contribution in [1.29, 1.82) is 0 Å². The van der Waals surface area contributed by atoms with E-state index in [1.54, 1.807) is 0 Å². The molecule has 1 aromatic carbocycles. The summed E-state index contributed by atoms with van der Waals surface area (Å²) in [7, 11) is 0. The van der Waals surface area contributed by atoms with Gasteiger partial charge < -0.3 is 15.5 Å². The van der Waals surface area contributed by atoms with Crippen molar-refractivity contribution in [3.63, 3.8) is 0 Å². The summed E-state index contributed by atoms with van der Waals surface area (Å²) in [6.45, 7) is -0.119. The molecule has 1 saturated carbocycles. The van der Waals surface area contributed by atoms with Crippen LogP contribution in [0.5, 0.6) is 0 Å². The Bertz CT molecular complexity index is 1250. The first-order valence-electron chi connectivity index (χ1n) is 9.98. The number of alkyl halides is 3. The molecule has 174 valence electrons. The summed E-state index contributed by atoms with van der Waals surface area (Å²) in [6, 6.07) is 1.47. The number of carbonyl (C=O) groups excluding carboxylic acids is 1. The van der Waals surface area contributed by atoms with Crippen molar-refractivity contribution in [3.05, 3.63) is 52.8 Å². The fourth-order valence-corrected chi connectivity index (χ4v) is 4.15. The molecule has 33 heavy (non-hydrogen) atoms. The number of fused-ring (bicyclic) bond motifs is 1. The van der Waals surface area contributed by atoms with Crippen LogP contribution in [-0.4, -0.2) is 45.3 Å². The standard InChI is InChI=1S/C20H16ClF5N6O/c21-17-16(29-19(33)27-14-7-20(14,25)26)18-28-15(3-4-32(18)30-17)31-8-10(23)6-13(31)11-5-9(22)1-2-12(11)24/h1-5,10,13-14H,6-8H2,(H2,27,29,33)/t10-,13-,14?/m1/s1. The molecule has 3 atom stereocenters. The molecule has 3 aromatic rings. The molecule has 1 unspecified atom stereocenters. The third-order valence-electron chi connectivity index (χ3n) is 5.66. The topological polar surface area (TPSA) is 74.6 Å². The van der Waals surface area contributed by atoms with Gasteiger partial charge in [-0.3, -0.25) is 0 Å². The summed E-state index contributed by atoms with van der Waals surface area (Å²) in [5, 5.41) is 8.35. The van der Waals surface area contributed by atoms with E-state index in [4.69, 9.17) is 11.6 Å². The number of nitrogens with one attached hydrogen (secondary N) is 2. The average molecular weight is 487 g/mol. The SMILES string of the molecule is O=C(Nc1c(Cl)nn2ccc(N3C[C@H](F)C[C@@H]3c3cc(F)ccc3F)nc12)NC1CC1(F)F. The van der Waals surface area contributed by atoms with E-state index >= 15 is 0 Å². The van der Waals surface area contributed by atoms with Crippen LogP contribution < -0.4 is 15.5 Å². The Balaban J connectivity index is 1.46. The second-order valence-corrected chi connectivity index (χ2v) is 8.36. The number of hydrogen-bond donors (Lipinski definition) is 2. The van der Waals surface area contributed by atoms with Gasteiger partial charge in [-0.15, -0.1) is 0 Å². The van der Waals surface area contributed by atoms with Crippen molar-refractivity contribution in [2.24, 2.45) is 0 Å². The molecule has 2 fully saturated rings. The van der Waals surface area contributed by atoms with Crippen LogP contribution in [0.2, 0.25) is 5.15 Å². The number of nitrogens with zero attached hydrogens (tertiary/aromatic N) is 4. The van der Waals surface area contributed by atoms with Crippen LogP contribution in [0.3, 0.4) is 0 Å². The number of halogens is 6. The van der Waals surface area contributed by atoms with E-state index in [-0.39, 0.29) is 40.8 Å². The minimum absolute atomic E-state index is 0.00792. The Hall–Kier alpha value is -3.15. The fourth-order valence-electron chi connectivity index (χ4n) is 3.94. The van der Waals surface area contributed by atoms with E-state index in [1.807, 2.05) is 0 Å². The molecule has 0 radical (unpaired) electrons. The zero-order chi connectivity index (χ0) is 23.5. The lowest BCUT2D eigenvalue weighted by Gasteiger charge is -2.26. The smallest absolute Gasteiger partial charge is 0.319 e. The Labute approximate surface area is 188 Å². The minimum atomic E-state index is -2.95. The van der Waals surface area contributed by atoms with E-state index in [2.05, 4.69) is 20.7 Å². The average Bonchev–Trinajstić information content (AvgIpc) is 3.05. The predicted molar refractivity (Wildman–Crippen MR) is 109 cm³/mol. The van der Waals surface area contributed by atoms with Crippen LogP contribution in [0.25, 0.3) is 5.65 Å². The van der Waals surface area contributed by atoms with Gasteiger partial charge in [0.2, 0.25) is 0 Å². The van der Waals surface area contributed by atoms with Gasteiger partial charge in [0.1, 0.15) is 35.4 Å². The van der Waals surface area contributed by atoms with E-state index in [9.17, 15) is 26.7 Å². The highest BCUT2D eigenvalue weighted by Gasteiger charge is 2.58. The summed E-state index contributed by atoms with van der Waals surface area (Å²) in [4.78, 5) is 18.0. The number of aromatic nitrogens is 3. The third-order valence-corrected chi connectivity index (χ3v) is 5.92. The Kier molecular flexibility index (Phi) is 5.07. The van der Waals surface area contributed by atoms with Gasteiger partial charge in [-0.25, -0.2) is 36.2 Å². The molecule has 2 N–H and O–H groups in total. The van der Waals surface area contributed by atoms with Gasteiger partial charge in [0.25, 0.3) is 5.92 Å². The minimum Gasteiger partial charge on any atom is -0.346 e. The van der Waals surface area contributed by atoms with Crippen LogP contribution in [0.1, 0.15) is 24.4 Å². The molecule has 1 aliphatic heterocycles. The second kappa shape index (κ2) is 7.72. The quantitative estimate of drug-likeness (QED) is 0.533. The molecule has 2 aromatic heterocycles.